The van der Waals surface area contributed by atoms with Crippen molar-refractivity contribution in [3.8, 4) is 11.8 Å². The third kappa shape index (κ3) is 2.50. The van der Waals surface area contributed by atoms with E-state index in [1.165, 1.54) is 19.2 Å². The van der Waals surface area contributed by atoms with E-state index in [9.17, 15) is 18.3 Å². The molecule has 0 spiro atoms. The normalized spacial score (nSPS) is 16.3. The summed E-state index contributed by atoms with van der Waals surface area (Å²) in [7, 11) is 1.17. The molecule has 0 aliphatic rings. The number of hydrogen-bond acceptors (Lipinski definition) is 4. The summed E-state index contributed by atoms with van der Waals surface area (Å²) in [6.45, 7) is 1.03. The van der Waals surface area contributed by atoms with E-state index in [1.807, 2.05) is 0 Å². The minimum absolute atomic E-state index is 0.0286. The van der Waals surface area contributed by atoms with E-state index in [1.54, 1.807) is 6.07 Å². The molecule has 0 aliphatic heterocycles. The molecule has 1 aromatic rings. The molecule has 0 radical (unpaired) electrons. The van der Waals surface area contributed by atoms with Gasteiger partial charge in [-0.1, -0.05) is 0 Å². The molecule has 0 heterocycles. The van der Waals surface area contributed by atoms with Crippen LogP contribution < -0.4 is 10.5 Å². The van der Waals surface area contributed by atoms with Crippen molar-refractivity contribution in [1.29, 1.82) is 5.26 Å². The van der Waals surface area contributed by atoms with Crippen LogP contribution >= 0.6 is 0 Å². The van der Waals surface area contributed by atoms with Gasteiger partial charge in [-0.15, -0.1) is 0 Å². The van der Waals surface area contributed by atoms with Crippen LogP contribution in [0, 0.1) is 11.3 Å². The molecular weight excluding hydrogens is 261 g/mol. The van der Waals surface area contributed by atoms with E-state index in [4.69, 9.17) is 15.7 Å². The van der Waals surface area contributed by atoms with Crippen LogP contribution in [-0.4, -0.2) is 24.4 Å². The first kappa shape index (κ1) is 15.3. The van der Waals surface area contributed by atoms with Crippen molar-refractivity contribution in [1.82, 2.24) is 0 Å². The quantitative estimate of drug-likeness (QED) is 0.878. The average Bonchev–Trinajstić information content (AvgIpc) is 2.35. The molecule has 0 aromatic heterocycles. The first-order chi connectivity index (χ1) is 8.68. The average molecular weight is 274 g/mol. The maximum absolute atomic E-state index is 13.1. The lowest BCUT2D eigenvalue weighted by Crippen LogP contribution is -2.54. The second-order valence-electron chi connectivity index (χ2n) is 4.08. The van der Waals surface area contributed by atoms with Crippen LogP contribution in [0.5, 0.6) is 5.75 Å². The van der Waals surface area contributed by atoms with Gasteiger partial charge in [0.2, 0.25) is 5.60 Å². The fourth-order valence-corrected chi connectivity index (χ4v) is 1.73. The highest BCUT2D eigenvalue weighted by atomic mass is 19.4. The summed E-state index contributed by atoms with van der Waals surface area (Å²) in [4.78, 5) is 0. The predicted molar refractivity (Wildman–Crippen MR) is 61.3 cm³/mol. The number of nitrogens with zero attached hydrogens (tertiary/aromatic N) is 1. The summed E-state index contributed by atoms with van der Waals surface area (Å²) in [5.74, 6) is -0.184. The number of benzene rings is 1. The predicted octanol–water partition coefficient (Wildman–Crippen LogP) is 1.66. The second kappa shape index (κ2) is 5.07. The SMILES string of the molecule is COc1ccc(C#N)cc1C(O)(C(C)N)C(F)(F)F. The Hall–Kier alpha value is -1.78. The fraction of sp³-hybridized carbons (Fsp3) is 0.417. The Balaban J connectivity index is 3.60. The number of halogens is 3. The highest BCUT2D eigenvalue weighted by molar-refractivity contribution is 5.46. The van der Waals surface area contributed by atoms with E-state index in [-0.39, 0.29) is 11.3 Å². The van der Waals surface area contributed by atoms with E-state index >= 15 is 0 Å². The van der Waals surface area contributed by atoms with Crippen LogP contribution in [0.1, 0.15) is 18.1 Å². The monoisotopic (exact) mass is 274 g/mol. The molecule has 0 aliphatic carbocycles. The fourth-order valence-electron chi connectivity index (χ4n) is 1.73. The summed E-state index contributed by atoms with van der Waals surface area (Å²) in [5.41, 5.74) is 1.41. The molecule has 2 atom stereocenters. The standard InChI is InChI=1S/C12H13F3N2O2/c1-7(17)11(18,12(13,14)15)9-5-8(6-16)3-4-10(9)19-2/h3-5,7,18H,17H2,1-2H3. The molecule has 3 N–H and O–H groups in total. The van der Waals surface area contributed by atoms with Gasteiger partial charge in [0.25, 0.3) is 0 Å². The first-order valence-electron chi connectivity index (χ1n) is 5.31. The van der Waals surface area contributed by atoms with Gasteiger partial charge in [0.1, 0.15) is 5.75 Å². The Morgan fingerprint density at radius 3 is 2.37 bits per heavy atom. The Labute approximate surface area is 108 Å². The van der Waals surface area contributed by atoms with E-state index in [0.29, 0.717) is 0 Å². The van der Waals surface area contributed by atoms with Gasteiger partial charge < -0.3 is 15.6 Å². The van der Waals surface area contributed by atoms with E-state index in [0.717, 1.165) is 13.0 Å². The maximum atomic E-state index is 13.1. The molecule has 0 bridgehead atoms. The van der Waals surface area contributed by atoms with Gasteiger partial charge in [0.05, 0.1) is 18.7 Å². The van der Waals surface area contributed by atoms with Gasteiger partial charge in [0.15, 0.2) is 0 Å². The smallest absolute Gasteiger partial charge is 0.423 e. The number of ether oxygens (including phenoxy) is 1. The van der Waals surface area contributed by atoms with Crippen molar-refractivity contribution < 1.29 is 23.0 Å². The number of methoxy groups -OCH3 is 1. The largest absolute Gasteiger partial charge is 0.496 e. The second-order valence-corrected chi connectivity index (χ2v) is 4.08. The van der Waals surface area contributed by atoms with Crippen LogP contribution in [0.4, 0.5) is 13.2 Å². The number of hydrogen-bond donors (Lipinski definition) is 2. The molecule has 7 heteroatoms. The maximum Gasteiger partial charge on any atom is 0.423 e. The minimum Gasteiger partial charge on any atom is -0.496 e. The lowest BCUT2D eigenvalue weighted by molar-refractivity contribution is -0.273. The van der Waals surface area contributed by atoms with Crippen molar-refractivity contribution >= 4 is 0 Å². The summed E-state index contributed by atoms with van der Waals surface area (Å²) in [5, 5.41) is 18.7. The molecule has 19 heavy (non-hydrogen) atoms. The van der Waals surface area contributed by atoms with Gasteiger partial charge in [-0.3, -0.25) is 0 Å². The molecule has 1 rings (SSSR count). The van der Waals surface area contributed by atoms with Crippen molar-refractivity contribution in [2.24, 2.45) is 5.73 Å². The van der Waals surface area contributed by atoms with Crippen molar-refractivity contribution in [2.75, 3.05) is 7.11 Å². The highest BCUT2D eigenvalue weighted by Gasteiger charge is 2.58. The molecule has 2 unspecified atom stereocenters. The number of rotatable bonds is 3. The van der Waals surface area contributed by atoms with E-state index < -0.39 is 23.4 Å². The lowest BCUT2D eigenvalue weighted by Gasteiger charge is -2.35. The van der Waals surface area contributed by atoms with Crippen molar-refractivity contribution in [2.45, 2.75) is 24.7 Å². The summed E-state index contributed by atoms with van der Waals surface area (Å²) >= 11 is 0. The van der Waals surface area contributed by atoms with Gasteiger partial charge in [-0.05, 0) is 25.1 Å². The number of alkyl halides is 3. The van der Waals surface area contributed by atoms with Crippen molar-refractivity contribution in [3.05, 3.63) is 29.3 Å². The van der Waals surface area contributed by atoms with Gasteiger partial charge in [0, 0.05) is 11.6 Å². The third-order valence-corrected chi connectivity index (χ3v) is 2.83. The Kier molecular flexibility index (Phi) is 4.08. The first-order valence-corrected chi connectivity index (χ1v) is 5.31. The highest BCUT2D eigenvalue weighted by Crippen LogP contribution is 2.44. The van der Waals surface area contributed by atoms with Gasteiger partial charge in [-0.2, -0.15) is 18.4 Å². The molecule has 1 aromatic carbocycles. The summed E-state index contributed by atoms with van der Waals surface area (Å²) < 4.78 is 44.2. The van der Waals surface area contributed by atoms with Crippen LogP contribution in [0.3, 0.4) is 0 Å². The lowest BCUT2D eigenvalue weighted by atomic mass is 9.85. The summed E-state index contributed by atoms with van der Waals surface area (Å²) in [6, 6.07) is 3.48. The Bertz CT molecular complexity index is 509. The minimum atomic E-state index is -5.00. The topological polar surface area (TPSA) is 79.3 Å². The van der Waals surface area contributed by atoms with Gasteiger partial charge >= 0.3 is 6.18 Å². The molecule has 0 saturated heterocycles. The van der Waals surface area contributed by atoms with Crippen LogP contribution in [0.2, 0.25) is 0 Å². The molecular formula is C12H13F3N2O2. The summed E-state index contributed by atoms with van der Waals surface area (Å²) in [6.07, 6.45) is -5.00. The third-order valence-electron chi connectivity index (χ3n) is 2.83. The molecule has 0 amide bonds. The Morgan fingerprint density at radius 1 is 1.42 bits per heavy atom. The van der Waals surface area contributed by atoms with Gasteiger partial charge in [-0.25, -0.2) is 0 Å². The molecule has 4 nitrogen and oxygen atoms in total. The number of nitrogens with two attached hydrogens (primary N) is 1. The Morgan fingerprint density at radius 2 is 2.00 bits per heavy atom. The zero-order valence-corrected chi connectivity index (χ0v) is 10.3. The van der Waals surface area contributed by atoms with Crippen molar-refractivity contribution in [3.63, 3.8) is 0 Å². The molecule has 104 valence electrons. The number of aliphatic hydroxyl groups is 1. The van der Waals surface area contributed by atoms with E-state index in [2.05, 4.69) is 0 Å². The zero-order chi connectivity index (χ0) is 14.8. The zero-order valence-electron chi connectivity index (χ0n) is 10.3. The van der Waals surface area contributed by atoms with Crippen LogP contribution in [-0.2, 0) is 5.60 Å². The van der Waals surface area contributed by atoms with Crippen LogP contribution in [0.15, 0.2) is 18.2 Å². The van der Waals surface area contributed by atoms with Crippen LogP contribution in [0.25, 0.3) is 0 Å². The molecule has 0 saturated carbocycles. The molecule has 0 fully saturated rings. The number of nitriles is 1.